The fourth-order valence-electron chi connectivity index (χ4n) is 1.16. The average molecular weight is 270 g/mol. The van der Waals surface area contributed by atoms with Gasteiger partial charge in [0.1, 0.15) is 6.61 Å². The average Bonchev–Trinajstić information content (AvgIpc) is 2.30. The standard InChI is InChI=1S/C12H22N4O3/c1-5-6-17-10-14-9(13)15-11(16-10)18-7-8-19-12(2,3)4/h5-8H2,1-4H3,(H2,13,14,15,16). The van der Waals surface area contributed by atoms with Crippen molar-refractivity contribution in [1.29, 1.82) is 0 Å². The predicted octanol–water partition coefficient (Wildman–Crippen LogP) is 1.44. The van der Waals surface area contributed by atoms with Gasteiger partial charge in [-0.15, -0.1) is 4.98 Å². The van der Waals surface area contributed by atoms with Gasteiger partial charge in [-0.05, 0) is 27.2 Å². The number of anilines is 1. The summed E-state index contributed by atoms with van der Waals surface area (Å²) in [5.74, 6) is 0.0767. The van der Waals surface area contributed by atoms with E-state index in [0.717, 1.165) is 6.42 Å². The molecule has 0 atom stereocenters. The van der Waals surface area contributed by atoms with E-state index in [2.05, 4.69) is 15.0 Å². The van der Waals surface area contributed by atoms with E-state index in [1.165, 1.54) is 0 Å². The molecule has 0 amide bonds. The molecular formula is C12H22N4O3. The number of hydrogen-bond donors (Lipinski definition) is 1. The van der Waals surface area contributed by atoms with Gasteiger partial charge in [-0.25, -0.2) is 0 Å². The van der Waals surface area contributed by atoms with Crippen LogP contribution >= 0.6 is 0 Å². The van der Waals surface area contributed by atoms with E-state index in [1.54, 1.807) is 0 Å². The predicted molar refractivity (Wildman–Crippen MR) is 71.2 cm³/mol. The van der Waals surface area contributed by atoms with E-state index in [9.17, 15) is 0 Å². The van der Waals surface area contributed by atoms with Crippen molar-refractivity contribution >= 4 is 5.95 Å². The molecule has 0 unspecified atom stereocenters. The molecule has 0 aromatic carbocycles. The fourth-order valence-corrected chi connectivity index (χ4v) is 1.16. The summed E-state index contributed by atoms with van der Waals surface area (Å²) in [7, 11) is 0. The van der Waals surface area contributed by atoms with Gasteiger partial charge >= 0.3 is 12.0 Å². The molecule has 7 nitrogen and oxygen atoms in total. The molecule has 7 heteroatoms. The van der Waals surface area contributed by atoms with Gasteiger partial charge in [0, 0.05) is 0 Å². The maximum atomic E-state index is 5.55. The molecule has 0 spiro atoms. The molecule has 2 N–H and O–H groups in total. The first-order valence-electron chi connectivity index (χ1n) is 6.32. The Hall–Kier alpha value is -1.63. The lowest BCUT2D eigenvalue weighted by molar-refractivity contribution is -0.0174. The monoisotopic (exact) mass is 270 g/mol. The summed E-state index contributed by atoms with van der Waals surface area (Å²) in [5.41, 5.74) is 5.35. The van der Waals surface area contributed by atoms with Gasteiger partial charge in [-0.3, -0.25) is 0 Å². The van der Waals surface area contributed by atoms with Crippen LogP contribution in [0.15, 0.2) is 0 Å². The van der Waals surface area contributed by atoms with Gasteiger partial charge in [-0.2, -0.15) is 9.97 Å². The van der Waals surface area contributed by atoms with Crippen molar-refractivity contribution in [3.8, 4) is 12.0 Å². The Morgan fingerprint density at radius 1 is 0.947 bits per heavy atom. The van der Waals surface area contributed by atoms with E-state index in [0.29, 0.717) is 19.8 Å². The van der Waals surface area contributed by atoms with Crippen molar-refractivity contribution in [2.45, 2.75) is 39.7 Å². The first-order valence-corrected chi connectivity index (χ1v) is 6.32. The smallest absolute Gasteiger partial charge is 0.324 e. The van der Waals surface area contributed by atoms with Crippen molar-refractivity contribution in [2.24, 2.45) is 0 Å². The number of aromatic nitrogens is 3. The highest BCUT2D eigenvalue weighted by atomic mass is 16.5. The van der Waals surface area contributed by atoms with Crippen molar-refractivity contribution < 1.29 is 14.2 Å². The van der Waals surface area contributed by atoms with Gasteiger partial charge in [0.05, 0.1) is 18.8 Å². The third-order valence-corrected chi connectivity index (χ3v) is 1.90. The van der Waals surface area contributed by atoms with Crippen LogP contribution in [0, 0.1) is 0 Å². The molecule has 1 heterocycles. The molecule has 1 aromatic rings. The first kappa shape index (κ1) is 15.4. The molecule has 0 fully saturated rings. The summed E-state index contributed by atoms with van der Waals surface area (Å²) in [6.07, 6.45) is 0.862. The van der Waals surface area contributed by atoms with Crippen LogP contribution in [0.3, 0.4) is 0 Å². The molecule has 1 aromatic heterocycles. The van der Waals surface area contributed by atoms with Crippen LogP contribution < -0.4 is 15.2 Å². The lowest BCUT2D eigenvalue weighted by atomic mass is 10.2. The number of nitrogens with zero attached hydrogens (tertiary/aromatic N) is 3. The van der Waals surface area contributed by atoms with Crippen LogP contribution in [0.2, 0.25) is 0 Å². The van der Waals surface area contributed by atoms with Crippen molar-refractivity contribution in [1.82, 2.24) is 15.0 Å². The van der Waals surface area contributed by atoms with Gasteiger partial charge in [0.15, 0.2) is 0 Å². The lowest BCUT2D eigenvalue weighted by Crippen LogP contribution is -2.22. The molecule has 0 radical (unpaired) electrons. The van der Waals surface area contributed by atoms with Crippen molar-refractivity contribution in [3.63, 3.8) is 0 Å². The summed E-state index contributed by atoms with van der Waals surface area (Å²) >= 11 is 0. The third kappa shape index (κ3) is 6.76. The summed E-state index contributed by atoms with van der Waals surface area (Å²) in [6.45, 7) is 9.23. The van der Waals surface area contributed by atoms with Crippen molar-refractivity contribution in [3.05, 3.63) is 0 Å². The largest absolute Gasteiger partial charge is 0.463 e. The maximum Gasteiger partial charge on any atom is 0.324 e. The molecule has 108 valence electrons. The van der Waals surface area contributed by atoms with Gasteiger partial charge in [0.2, 0.25) is 5.95 Å². The van der Waals surface area contributed by atoms with Gasteiger partial charge in [-0.1, -0.05) is 6.92 Å². The highest BCUT2D eigenvalue weighted by Gasteiger charge is 2.10. The zero-order valence-corrected chi connectivity index (χ0v) is 12.0. The molecule has 0 aliphatic rings. The topological polar surface area (TPSA) is 92.4 Å². The van der Waals surface area contributed by atoms with E-state index in [-0.39, 0.29) is 23.6 Å². The third-order valence-electron chi connectivity index (χ3n) is 1.90. The van der Waals surface area contributed by atoms with Crippen molar-refractivity contribution in [2.75, 3.05) is 25.6 Å². The first-order chi connectivity index (χ1) is 8.90. The zero-order chi connectivity index (χ0) is 14.3. The highest BCUT2D eigenvalue weighted by molar-refractivity contribution is 5.20. The number of rotatable bonds is 7. The maximum absolute atomic E-state index is 5.55. The Bertz CT molecular complexity index is 393. The Morgan fingerprint density at radius 3 is 2.05 bits per heavy atom. The van der Waals surface area contributed by atoms with Crippen LogP contribution in [0.4, 0.5) is 5.95 Å². The second-order valence-corrected chi connectivity index (χ2v) is 4.92. The van der Waals surface area contributed by atoms with Crippen LogP contribution in [0.25, 0.3) is 0 Å². The second-order valence-electron chi connectivity index (χ2n) is 4.92. The Kier molecular flexibility index (Phi) is 5.75. The van der Waals surface area contributed by atoms with Gasteiger partial charge < -0.3 is 19.9 Å². The number of hydrogen-bond acceptors (Lipinski definition) is 7. The number of nitrogen functional groups attached to an aromatic ring is 1. The van der Waals surface area contributed by atoms with E-state index >= 15 is 0 Å². The minimum Gasteiger partial charge on any atom is -0.463 e. The van der Waals surface area contributed by atoms with Gasteiger partial charge in [0.25, 0.3) is 0 Å². The molecule has 1 rings (SSSR count). The van der Waals surface area contributed by atoms with Crippen LogP contribution in [0.1, 0.15) is 34.1 Å². The Balaban J connectivity index is 2.46. The SMILES string of the molecule is CCCOc1nc(N)nc(OCCOC(C)(C)C)n1. The minimum atomic E-state index is -0.198. The molecule has 0 saturated heterocycles. The molecule has 0 aliphatic carbocycles. The lowest BCUT2D eigenvalue weighted by Gasteiger charge is -2.19. The number of ether oxygens (including phenoxy) is 3. The Morgan fingerprint density at radius 2 is 1.53 bits per heavy atom. The van der Waals surface area contributed by atoms with E-state index in [4.69, 9.17) is 19.9 Å². The fraction of sp³-hybridized carbons (Fsp3) is 0.750. The van der Waals surface area contributed by atoms with E-state index < -0.39 is 0 Å². The zero-order valence-electron chi connectivity index (χ0n) is 12.0. The van der Waals surface area contributed by atoms with Crippen LogP contribution in [0.5, 0.6) is 12.0 Å². The molecule has 0 aliphatic heterocycles. The van der Waals surface area contributed by atoms with Crippen LogP contribution in [-0.4, -0.2) is 40.4 Å². The summed E-state index contributed by atoms with van der Waals surface area (Å²) in [6, 6.07) is 0.331. The summed E-state index contributed by atoms with van der Waals surface area (Å²) in [5, 5.41) is 0. The summed E-state index contributed by atoms with van der Waals surface area (Å²) < 4.78 is 16.2. The quantitative estimate of drug-likeness (QED) is 0.749. The Labute approximate surface area is 113 Å². The highest BCUT2D eigenvalue weighted by Crippen LogP contribution is 2.11. The molecular weight excluding hydrogens is 248 g/mol. The second kappa shape index (κ2) is 7.08. The molecule has 0 bridgehead atoms. The normalized spacial score (nSPS) is 11.4. The minimum absolute atomic E-state index is 0.0767. The number of nitrogens with two attached hydrogens (primary N) is 1. The van der Waals surface area contributed by atoms with E-state index in [1.807, 2.05) is 27.7 Å². The molecule has 0 saturated carbocycles. The van der Waals surface area contributed by atoms with Crippen LogP contribution in [-0.2, 0) is 4.74 Å². The molecule has 19 heavy (non-hydrogen) atoms. The summed E-state index contributed by atoms with van der Waals surface area (Å²) in [4.78, 5) is 11.7.